The van der Waals surface area contributed by atoms with E-state index in [2.05, 4.69) is 15.3 Å². The molecule has 0 aliphatic carbocycles. The van der Waals surface area contributed by atoms with E-state index in [-0.39, 0.29) is 11.2 Å². The van der Waals surface area contributed by atoms with Crippen LogP contribution in [-0.2, 0) is 7.05 Å². The molecule has 0 aliphatic heterocycles. The van der Waals surface area contributed by atoms with Crippen molar-refractivity contribution in [2.45, 2.75) is 0 Å². The Labute approximate surface area is 107 Å². The summed E-state index contributed by atoms with van der Waals surface area (Å²) in [6.45, 7) is 0. The first kappa shape index (κ1) is 11.9. The minimum absolute atomic E-state index is 0.0766. The third-order valence-electron chi connectivity index (χ3n) is 2.07. The maximum atomic E-state index is 11.9. The van der Waals surface area contributed by atoms with E-state index in [1.807, 2.05) is 0 Å². The molecule has 0 atom stereocenters. The van der Waals surface area contributed by atoms with Crippen LogP contribution in [0.4, 0.5) is 5.82 Å². The SMILES string of the molecule is Cn1cc(Cl)cc1C(=O)Nc1ccnc(Cl)n1. The van der Waals surface area contributed by atoms with Crippen molar-refractivity contribution in [1.29, 1.82) is 0 Å². The molecule has 0 unspecified atom stereocenters. The highest BCUT2D eigenvalue weighted by Gasteiger charge is 2.12. The predicted octanol–water partition coefficient (Wildman–Crippen LogP) is 2.37. The lowest BCUT2D eigenvalue weighted by atomic mass is 10.4. The molecule has 5 nitrogen and oxygen atoms in total. The van der Waals surface area contributed by atoms with Crippen molar-refractivity contribution in [1.82, 2.24) is 14.5 Å². The average Bonchev–Trinajstić information content (AvgIpc) is 2.58. The molecule has 0 saturated heterocycles. The van der Waals surface area contributed by atoms with Crippen LogP contribution in [0.15, 0.2) is 24.5 Å². The zero-order chi connectivity index (χ0) is 12.4. The molecule has 1 amide bonds. The second kappa shape index (κ2) is 4.73. The fraction of sp³-hybridized carbons (Fsp3) is 0.100. The van der Waals surface area contributed by atoms with Gasteiger partial charge in [0.15, 0.2) is 0 Å². The van der Waals surface area contributed by atoms with Crippen LogP contribution in [0.25, 0.3) is 0 Å². The molecule has 17 heavy (non-hydrogen) atoms. The lowest BCUT2D eigenvalue weighted by molar-refractivity contribution is 0.101. The maximum Gasteiger partial charge on any atom is 0.273 e. The van der Waals surface area contributed by atoms with Gasteiger partial charge in [0.05, 0.1) is 5.02 Å². The Bertz CT molecular complexity index is 567. The topological polar surface area (TPSA) is 59.8 Å². The monoisotopic (exact) mass is 270 g/mol. The van der Waals surface area contributed by atoms with Crippen LogP contribution in [0.3, 0.4) is 0 Å². The van der Waals surface area contributed by atoms with Crippen LogP contribution in [0, 0.1) is 0 Å². The standard InChI is InChI=1S/C10H8Cl2N4O/c1-16-5-6(11)4-7(16)9(17)14-8-2-3-13-10(12)15-8/h2-5H,1H3,(H,13,14,15,17). The van der Waals surface area contributed by atoms with Gasteiger partial charge in [0.25, 0.3) is 5.91 Å². The number of hydrogen-bond acceptors (Lipinski definition) is 3. The van der Waals surface area contributed by atoms with Gasteiger partial charge >= 0.3 is 0 Å². The van der Waals surface area contributed by atoms with Crippen LogP contribution in [0.5, 0.6) is 0 Å². The van der Waals surface area contributed by atoms with Crippen molar-refractivity contribution in [2.24, 2.45) is 7.05 Å². The number of halogens is 2. The maximum absolute atomic E-state index is 11.9. The van der Waals surface area contributed by atoms with Crippen molar-refractivity contribution >= 4 is 34.9 Å². The summed E-state index contributed by atoms with van der Waals surface area (Å²) in [5.41, 5.74) is 0.435. The summed E-state index contributed by atoms with van der Waals surface area (Å²) in [4.78, 5) is 19.4. The number of nitrogens with one attached hydrogen (secondary N) is 1. The van der Waals surface area contributed by atoms with Crippen molar-refractivity contribution in [2.75, 3.05) is 5.32 Å². The van der Waals surface area contributed by atoms with Crippen molar-refractivity contribution in [3.63, 3.8) is 0 Å². The number of aryl methyl sites for hydroxylation is 1. The lowest BCUT2D eigenvalue weighted by Gasteiger charge is -2.04. The van der Waals surface area contributed by atoms with Gasteiger partial charge in [-0.2, -0.15) is 0 Å². The van der Waals surface area contributed by atoms with E-state index in [4.69, 9.17) is 23.2 Å². The zero-order valence-corrected chi connectivity index (χ0v) is 10.3. The van der Waals surface area contributed by atoms with Crippen molar-refractivity contribution in [3.8, 4) is 0 Å². The number of hydrogen-bond donors (Lipinski definition) is 1. The van der Waals surface area contributed by atoms with E-state index < -0.39 is 0 Å². The first-order valence-electron chi connectivity index (χ1n) is 4.68. The van der Waals surface area contributed by atoms with Gasteiger partial charge in [-0.05, 0) is 23.7 Å². The Morgan fingerprint density at radius 2 is 2.24 bits per heavy atom. The first-order chi connectivity index (χ1) is 8.06. The highest BCUT2D eigenvalue weighted by molar-refractivity contribution is 6.31. The fourth-order valence-corrected chi connectivity index (χ4v) is 1.73. The summed E-state index contributed by atoms with van der Waals surface area (Å²) in [5.74, 6) is 0.0292. The van der Waals surface area contributed by atoms with Crippen LogP contribution >= 0.6 is 23.2 Å². The molecule has 0 aromatic carbocycles. The summed E-state index contributed by atoms with van der Waals surface area (Å²) >= 11 is 11.4. The Morgan fingerprint density at radius 1 is 1.47 bits per heavy atom. The normalized spacial score (nSPS) is 10.3. The molecule has 0 radical (unpaired) electrons. The summed E-state index contributed by atoms with van der Waals surface area (Å²) in [7, 11) is 1.73. The number of carbonyl (C=O) groups is 1. The zero-order valence-electron chi connectivity index (χ0n) is 8.82. The van der Waals surface area contributed by atoms with Gasteiger partial charge in [-0.3, -0.25) is 4.79 Å². The van der Waals surface area contributed by atoms with Crippen LogP contribution in [-0.4, -0.2) is 20.4 Å². The van der Waals surface area contributed by atoms with E-state index in [1.54, 1.807) is 29.9 Å². The van der Waals surface area contributed by atoms with E-state index in [9.17, 15) is 4.79 Å². The third kappa shape index (κ3) is 2.75. The van der Waals surface area contributed by atoms with Crippen molar-refractivity contribution < 1.29 is 4.79 Å². The second-order valence-corrected chi connectivity index (χ2v) is 4.09. The molecule has 0 fully saturated rings. The number of rotatable bonds is 2. The summed E-state index contributed by atoms with van der Waals surface area (Å²) in [6, 6.07) is 3.12. The summed E-state index contributed by atoms with van der Waals surface area (Å²) in [5, 5.41) is 3.17. The lowest BCUT2D eigenvalue weighted by Crippen LogP contribution is -2.16. The molecule has 0 aliphatic rings. The molecule has 2 aromatic heterocycles. The number of carbonyl (C=O) groups excluding carboxylic acids is 1. The molecule has 2 aromatic rings. The van der Waals surface area contributed by atoms with E-state index >= 15 is 0 Å². The molecule has 0 bridgehead atoms. The highest BCUT2D eigenvalue weighted by Crippen LogP contribution is 2.14. The number of nitrogens with zero attached hydrogens (tertiary/aromatic N) is 3. The summed E-state index contributed by atoms with van der Waals surface area (Å²) < 4.78 is 1.63. The number of aromatic nitrogens is 3. The molecule has 2 rings (SSSR count). The Balaban J connectivity index is 2.20. The van der Waals surface area contributed by atoms with Gasteiger partial charge in [-0.15, -0.1) is 0 Å². The minimum Gasteiger partial charge on any atom is -0.345 e. The predicted molar refractivity (Wildman–Crippen MR) is 65.4 cm³/mol. The van der Waals surface area contributed by atoms with Gasteiger partial charge in [-0.1, -0.05) is 11.6 Å². The first-order valence-corrected chi connectivity index (χ1v) is 5.43. The molecule has 0 spiro atoms. The van der Waals surface area contributed by atoms with E-state index in [1.165, 1.54) is 6.20 Å². The largest absolute Gasteiger partial charge is 0.345 e. The highest BCUT2D eigenvalue weighted by atomic mass is 35.5. The molecule has 2 heterocycles. The Morgan fingerprint density at radius 3 is 2.82 bits per heavy atom. The Kier molecular flexibility index (Phi) is 3.31. The molecule has 88 valence electrons. The Hall–Kier alpha value is -1.59. The van der Waals surface area contributed by atoms with Gasteiger partial charge in [0.1, 0.15) is 11.5 Å². The van der Waals surface area contributed by atoms with Crippen molar-refractivity contribution in [3.05, 3.63) is 40.5 Å². The van der Waals surface area contributed by atoms with Gasteiger partial charge in [0, 0.05) is 19.4 Å². The number of amides is 1. The van der Waals surface area contributed by atoms with Crippen LogP contribution in [0.1, 0.15) is 10.5 Å². The van der Waals surface area contributed by atoms with Gasteiger partial charge < -0.3 is 9.88 Å². The molecule has 1 N–H and O–H groups in total. The minimum atomic E-state index is -0.311. The molecule has 7 heteroatoms. The second-order valence-electron chi connectivity index (χ2n) is 3.32. The van der Waals surface area contributed by atoms with Crippen LogP contribution in [0.2, 0.25) is 10.3 Å². The number of anilines is 1. The summed E-state index contributed by atoms with van der Waals surface area (Å²) in [6.07, 6.45) is 3.10. The van der Waals surface area contributed by atoms with Gasteiger partial charge in [0.2, 0.25) is 5.28 Å². The van der Waals surface area contributed by atoms with Crippen LogP contribution < -0.4 is 5.32 Å². The smallest absolute Gasteiger partial charge is 0.273 e. The average molecular weight is 271 g/mol. The van der Waals surface area contributed by atoms with E-state index in [0.29, 0.717) is 16.5 Å². The molecular weight excluding hydrogens is 263 g/mol. The third-order valence-corrected chi connectivity index (χ3v) is 2.46. The molecular formula is C10H8Cl2N4O. The van der Waals surface area contributed by atoms with E-state index in [0.717, 1.165) is 0 Å². The fourth-order valence-electron chi connectivity index (χ4n) is 1.33. The molecule has 0 saturated carbocycles. The quantitative estimate of drug-likeness (QED) is 0.853. The van der Waals surface area contributed by atoms with Gasteiger partial charge in [-0.25, -0.2) is 9.97 Å².